The van der Waals surface area contributed by atoms with E-state index in [1.165, 1.54) is 25.3 Å². The van der Waals surface area contributed by atoms with Crippen LogP contribution in [0.5, 0.6) is 5.75 Å². The summed E-state index contributed by atoms with van der Waals surface area (Å²) in [7, 11) is 1.27. The van der Waals surface area contributed by atoms with Crippen LogP contribution in [0.3, 0.4) is 0 Å². The molecule has 1 aliphatic rings. The molecule has 0 spiro atoms. The molecule has 1 fully saturated rings. The molecule has 2 aromatic carbocycles. The van der Waals surface area contributed by atoms with Crippen LogP contribution in [0.2, 0.25) is 0 Å². The van der Waals surface area contributed by atoms with Crippen molar-refractivity contribution in [3.8, 4) is 5.75 Å². The Bertz CT molecular complexity index is 1030. The van der Waals surface area contributed by atoms with Crippen LogP contribution in [-0.2, 0) is 4.74 Å². The Hall–Kier alpha value is -2.87. The number of fused-ring (bicyclic) bond motifs is 1. The van der Waals surface area contributed by atoms with Crippen molar-refractivity contribution < 1.29 is 27.0 Å². The Balaban J connectivity index is 1.72. The zero-order chi connectivity index (χ0) is 20.6. The van der Waals surface area contributed by atoms with Crippen molar-refractivity contribution >= 4 is 16.6 Å². The van der Waals surface area contributed by atoms with Gasteiger partial charge in [0.2, 0.25) is 0 Å². The Morgan fingerprint density at radius 2 is 1.93 bits per heavy atom. The maximum atomic E-state index is 14.9. The third kappa shape index (κ3) is 3.37. The number of benzene rings is 2. The minimum absolute atomic E-state index is 0.106. The first-order valence-electron chi connectivity index (χ1n) is 8.98. The molecule has 0 amide bonds. The van der Waals surface area contributed by atoms with Crippen LogP contribution < -0.4 is 10.1 Å². The summed E-state index contributed by atoms with van der Waals surface area (Å²) in [6, 6.07) is 13.0. The second kappa shape index (κ2) is 7.18. The first-order chi connectivity index (χ1) is 13.9. The Morgan fingerprint density at radius 1 is 1.17 bits per heavy atom. The molecule has 0 aliphatic carbocycles. The highest BCUT2D eigenvalue weighted by atomic mass is 19.4. The summed E-state index contributed by atoms with van der Waals surface area (Å²) in [6.45, 7) is -0.700. The standard InChI is InChI=1S/C21H18F4N2O2/c1-28-18-9-2-5-13(19(18)22)15(20(12-29-20)21(23,24)25)11-27-17-8-3-7-16-14(17)6-4-10-26-16/h2-10,15,27H,11-12H2,1H3. The molecule has 2 atom stereocenters. The normalized spacial score (nSPS) is 19.8. The van der Waals surface area contributed by atoms with E-state index in [2.05, 4.69) is 10.3 Å². The molecule has 2 unspecified atom stereocenters. The van der Waals surface area contributed by atoms with Crippen molar-refractivity contribution in [3.05, 3.63) is 66.1 Å². The van der Waals surface area contributed by atoms with Gasteiger partial charge in [-0.05, 0) is 35.9 Å². The summed E-state index contributed by atoms with van der Waals surface area (Å²) in [5.41, 5.74) is -1.22. The third-order valence-corrected chi connectivity index (χ3v) is 5.23. The van der Waals surface area contributed by atoms with E-state index in [1.54, 1.807) is 30.5 Å². The van der Waals surface area contributed by atoms with Crippen LogP contribution in [0, 0.1) is 5.82 Å². The summed E-state index contributed by atoms with van der Waals surface area (Å²) in [5.74, 6) is -2.23. The van der Waals surface area contributed by atoms with E-state index >= 15 is 0 Å². The number of hydrogen-bond donors (Lipinski definition) is 1. The number of alkyl halides is 3. The molecule has 4 rings (SSSR count). The summed E-state index contributed by atoms with van der Waals surface area (Å²) in [5, 5.41) is 3.80. The zero-order valence-electron chi connectivity index (χ0n) is 15.5. The first-order valence-corrected chi connectivity index (χ1v) is 8.98. The maximum absolute atomic E-state index is 14.9. The Morgan fingerprint density at radius 3 is 2.62 bits per heavy atom. The largest absolute Gasteiger partial charge is 0.494 e. The van der Waals surface area contributed by atoms with E-state index in [-0.39, 0.29) is 17.9 Å². The lowest BCUT2D eigenvalue weighted by Crippen LogP contribution is -2.42. The van der Waals surface area contributed by atoms with Crippen LogP contribution >= 0.6 is 0 Å². The van der Waals surface area contributed by atoms with E-state index in [9.17, 15) is 17.6 Å². The van der Waals surface area contributed by atoms with E-state index in [0.717, 1.165) is 5.39 Å². The summed E-state index contributed by atoms with van der Waals surface area (Å²) >= 11 is 0. The van der Waals surface area contributed by atoms with Gasteiger partial charge in [-0.3, -0.25) is 4.98 Å². The minimum atomic E-state index is -4.64. The van der Waals surface area contributed by atoms with Crippen LogP contribution in [0.25, 0.3) is 10.9 Å². The molecule has 29 heavy (non-hydrogen) atoms. The quantitative estimate of drug-likeness (QED) is 0.467. The molecule has 2 heterocycles. The predicted octanol–water partition coefficient (Wildman–Crippen LogP) is 4.91. The lowest BCUT2D eigenvalue weighted by atomic mass is 9.84. The maximum Gasteiger partial charge on any atom is 0.420 e. The van der Waals surface area contributed by atoms with Crippen molar-refractivity contribution in [2.24, 2.45) is 0 Å². The molecule has 0 radical (unpaired) electrons. The molecule has 1 saturated heterocycles. The van der Waals surface area contributed by atoms with Gasteiger partial charge in [-0.2, -0.15) is 13.2 Å². The van der Waals surface area contributed by atoms with E-state index < -0.39 is 30.1 Å². The number of halogens is 4. The van der Waals surface area contributed by atoms with Gasteiger partial charge in [0, 0.05) is 29.7 Å². The SMILES string of the molecule is COc1cccc(C(CNc2cccc3ncccc23)C2(C(F)(F)F)CO2)c1F. The molecule has 152 valence electrons. The second-order valence-corrected chi connectivity index (χ2v) is 6.85. The highest BCUT2D eigenvalue weighted by molar-refractivity contribution is 5.91. The van der Waals surface area contributed by atoms with Crippen LogP contribution in [-0.4, -0.2) is 37.0 Å². The number of epoxide rings is 1. The van der Waals surface area contributed by atoms with Crippen molar-refractivity contribution in [2.75, 3.05) is 25.6 Å². The van der Waals surface area contributed by atoms with Crippen molar-refractivity contribution in [2.45, 2.75) is 17.7 Å². The fraction of sp³-hybridized carbons (Fsp3) is 0.286. The number of hydrogen-bond acceptors (Lipinski definition) is 4. The Kier molecular flexibility index (Phi) is 4.82. The van der Waals surface area contributed by atoms with Crippen LogP contribution in [0.4, 0.5) is 23.2 Å². The molecule has 1 aromatic heterocycles. The van der Waals surface area contributed by atoms with Gasteiger partial charge in [-0.1, -0.05) is 18.2 Å². The third-order valence-electron chi connectivity index (χ3n) is 5.23. The molecule has 0 saturated carbocycles. The Labute approximate surface area is 164 Å². The summed E-state index contributed by atoms with van der Waals surface area (Å²) in [4.78, 5) is 4.24. The number of rotatable bonds is 6. The number of pyridine rings is 1. The summed E-state index contributed by atoms with van der Waals surface area (Å²) in [6.07, 6.45) is -3.01. The molecular weight excluding hydrogens is 388 g/mol. The topological polar surface area (TPSA) is 46.7 Å². The molecule has 1 N–H and O–H groups in total. The van der Waals surface area contributed by atoms with Crippen molar-refractivity contribution in [1.29, 1.82) is 0 Å². The average molecular weight is 406 g/mol. The lowest BCUT2D eigenvalue weighted by molar-refractivity contribution is -0.189. The predicted molar refractivity (Wildman–Crippen MR) is 101 cm³/mol. The molecule has 8 heteroatoms. The number of ether oxygens (including phenoxy) is 2. The fourth-order valence-electron chi connectivity index (χ4n) is 3.59. The average Bonchev–Trinajstić information content (AvgIpc) is 3.51. The number of methoxy groups -OCH3 is 1. The van der Waals surface area contributed by atoms with Gasteiger partial charge in [-0.25, -0.2) is 4.39 Å². The number of nitrogens with zero attached hydrogens (tertiary/aromatic N) is 1. The van der Waals surface area contributed by atoms with Crippen molar-refractivity contribution in [3.63, 3.8) is 0 Å². The fourth-order valence-corrected chi connectivity index (χ4v) is 3.59. The highest BCUT2D eigenvalue weighted by Gasteiger charge is 2.70. The number of aromatic nitrogens is 1. The zero-order valence-corrected chi connectivity index (χ0v) is 15.5. The summed E-state index contributed by atoms with van der Waals surface area (Å²) < 4.78 is 66.1. The van der Waals surface area contributed by atoms with Gasteiger partial charge in [0.05, 0.1) is 19.2 Å². The smallest absolute Gasteiger partial charge is 0.420 e. The van der Waals surface area contributed by atoms with E-state index in [0.29, 0.717) is 11.2 Å². The molecule has 0 bridgehead atoms. The first kappa shape index (κ1) is 19.4. The monoisotopic (exact) mass is 406 g/mol. The van der Waals surface area contributed by atoms with E-state index in [1.807, 2.05) is 6.07 Å². The lowest BCUT2D eigenvalue weighted by Gasteiger charge is -2.28. The molecule has 4 nitrogen and oxygen atoms in total. The molecular formula is C21H18F4N2O2. The van der Waals surface area contributed by atoms with E-state index in [4.69, 9.17) is 9.47 Å². The van der Waals surface area contributed by atoms with Gasteiger partial charge in [0.25, 0.3) is 0 Å². The van der Waals surface area contributed by atoms with Crippen LogP contribution in [0.15, 0.2) is 54.7 Å². The van der Waals surface area contributed by atoms with Gasteiger partial charge in [0.15, 0.2) is 17.2 Å². The molecule has 3 aromatic rings. The van der Waals surface area contributed by atoms with Crippen LogP contribution in [0.1, 0.15) is 11.5 Å². The number of anilines is 1. The van der Waals surface area contributed by atoms with Crippen molar-refractivity contribution in [1.82, 2.24) is 4.98 Å². The van der Waals surface area contributed by atoms with Gasteiger partial charge in [0.1, 0.15) is 0 Å². The highest BCUT2D eigenvalue weighted by Crippen LogP contribution is 2.53. The number of nitrogens with one attached hydrogen (secondary N) is 1. The van der Waals surface area contributed by atoms with Gasteiger partial charge < -0.3 is 14.8 Å². The minimum Gasteiger partial charge on any atom is -0.494 e. The van der Waals surface area contributed by atoms with Gasteiger partial charge >= 0.3 is 6.18 Å². The second-order valence-electron chi connectivity index (χ2n) is 6.85. The molecule has 1 aliphatic heterocycles. The van der Waals surface area contributed by atoms with Gasteiger partial charge in [-0.15, -0.1) is 0 Å².